The number of nitriles is 2. The molecule has 5 aromatic rings. The van der Waals surface area contributed by atoms with Crippen molar-refractivity contribution >= 4 is 17.6 Å². The van der Waals surface area contributed by atoms with Crippen LogP contribution in [0.2, 0.25) is 5.02 Å². The van der Waals surface area contributed by atoms with E-state index in [1.807, 2.05) is 43.3 Å². The number of nitrogens with zero attached hydrogens (tertiary/aromatic N) is 2. The van der Waals surface area contributed by atoms with Crippen LogP contribution in [0.4, 0.5) is 0 Å². The van der Waals surface area contributed by atoms with Crippen LogP contribution in [0, 0.1) is 29.6 Å². The quantitative estimate of drug-likeness (QED) is 0.126. The summed E-state index contributed by atoms with van der Waals surface area (Å²) in [6, 6.07) is 32.6. The maximum Gasteiger partial charge on any atom is 0.321 e. The van der Waals surface area contributed by atoms with Crippen molar-refractivity contribution in [1.82, 2.24) is 5.32 Å². The Bertz CT molecular complexity index is 2160. The van der Waals surface area contributed by atoms with E-state index in [4.69, 9.17) is 30.5 Å². The highest BCUT2D eigenvalue weighted by Crippen LogP contribution is 2.37. The molecule has 51 heavy (non-hydrogen) atoms. The van der Waals surface area contributed by atoms with Crippen molar-refractivity contribution in [2.45, 2.75) is 39.1 Å². The Morgan fingerprint density at radius 1 is 0.824 bits per heavy atom. The molecule has 5 aromatic carbocycles. The summed E-state index contributed by atoms with van der Waals surface area (Å²) in [5, 5.41) is 32.1. The van der Waals surface area contributed by atoms with Gasteiger partial charge in [0.15, 0.2) is 11.5 Å². The number of rotatable bonds is 13. The number of halogens is 1. The van der Waals surface area contributed by atoms with Crippen LogP contribution >= 0.6 is 11.6 Å². The van der Waals surface area contributed by atoms with Crippen LogP contribution in [0.15, 0.2) is 97.1 Å². The third-order valence-corrected chi connectivity index (χ3v) is 8.88. The first-order chi connectivity index (χ1) is 24.8. The van der Waals surface area contributed by atoms with Crippen molar-refractivity contribution in [2.24, 2.45) is 0 Å². The third-order valence-electron chi connectivity index (χ3n) is 8.58. The number of fused-ring (bicyclic) bond motifs is 1. The molecule has 0 aliphatic carbocycles. The van der Waals surface area contributed by atoms with Gasteiger partial charge in [0.05, 0.1) is 28.3 Å². The maximum absolute atomic E-state index is 12.2. The SMILES string of the molecule is Cc1c(COc2cc(OCc3cccc(C#N)c3)c(CN[C@@H](Cc3cccc(C#N)c3)C(=O)O)cc2Cl)cccc1-c1ccc2c(c1)OCCO2. The van der Waals surface area contributed by atoms with Crippen molar-refractivity contribution in [3.05, 3.63) is 141 Å². The number of carboxylic acid groups (broad SMARTS) is 1. The molecule has 0 saturated heterocycles. The van der Waals surface area contributed by atoms with E-state index in [1.165, 1.54) is 0 Å². The molecule has 1 aliphatic heterocycles. The summed E-state index contributed by atoms with van der Waals surface area (Å²) in [5.41, 5.74) is 7.15. The molecule has 6 rings (SSSR count). The number of nitrogens with one attached hydrogen (secondary N) is 1. The summed E-state index contributed by atoms with van der Waals surface area (Å²) in [6.45, 7) is 3.59. The number of carbonyl (C=O) groups is 1. The molecule has 1 aliphatic rings. The number of hydrogen-bond donors (Lipinski definition) is 2. The lowest BCUT2D eigenvalue weighted by atomic mass is 9.96. The molecule has 0 saturated carbocycles. The van der Waals surface area contributed by atoms with Gasteiger partial charge in [0.2, 0.25) is 0 Å². The first-order valence-electron chi connectivity index (χ1n) is 16.3. The average Bonchev–Trinajstić information content (AvgIpc) is 3.15. The lowest BCUT2D eigenvalue weighted by Gasteiger charge is -2.20. The standard InChI is InChI=1S/C41H34ClN3O6/c1-26-32(9-4-10-34(26)31-11-12-37-40(19-31)49-14-13-48-37)25-51-39-20-38(50-24-30-8-3-7-29(16-30)22-44)33(18-35(39)42)23-45-36(41(46)47)17-27-5-2-6-28(15-27)21-43/h2-12,15-16,18-20,36,45H,13-14,17,23-25H2,1H3,(H,46,47)/t36-/m0/s1. The summed E-state index contributed by atoms with van der Waals surface area (Å²) >= 11 is 6.78. The molecule has 0 bridgehead atoms. The van der Waals surface area contributed by atoms with Crippen molar-refractivity contribution in [3.8, 4) is 46.3 Å². The van der Waals surface area contributed by atoms with Crippen molar-refractivity contribution in [3.63, 3.8) is 0 Å². The Kier molecular flexibility index (Phi) is 11.0. The van der Waals surface area contributed by atoms with Gasteiger partial charge in [-0.15, -0.1) is 0 Å². The van der Waals surface area contributed by atoms with Gasteiger partial charge < -0.3 is 24.1 Å². The molecule has 0 spiro atoms. The van der Waals surface area contributed by atoms with E-state index < -0.39 is 12.0 Å². The normalized spacial score (nSPS) is 12.3. The van der Waals surface area contributed by atoms with Gasteiger partial charge in [0.25, 0.3) is 0 Å². The van der Waals surface area contributed by atoms with Crippen LogP contribution in [-0.4, -0.2) is 30.3 Å². The van der Waals surface area contributed by atoms with Gasteiger partial charge in [-0.3, -0.25) is 10.1 Å². The van der Waals surface area contributed by atoms with Gasteiger partial charge in [0.1, 0.15) is 44.0 Å². The second-order valence-corrected chi connectivity index (χ2v) is 12.4. The third kappa shape index (κ3) is 8.60. The smallest absolute Gasteiger partial charge is 0.321 e. The predicted octanol–water partition coefficient (Wildman–Crippen LogP) is 7.77. The molecule has 2 N–H and O–H groups in total. The second kappa shape index (κ2) is 16.1. The van der Waals surface area contributed by atoms with Crippen molar-refractivity contribution in [1.29, 1.82) is 10.5 Å². The van der Waals surface area contributed by atoms with E-state index in [1.54, 1.807) is 54.6 Å². The fraction of sp³-hybridized carbons (Fsp3) is 0.195. The Morgan fingerprint density at radius 3 is 2.25 bits per heavy atom. The number of aliphatic carboxylic acids is 1. The average molecular weight is 700 g/mol. The molecular formula is C41H34ClN3O6. The van der Waals surface area contributed by atoms with E-state index in [9.17, 15) is 20.4 Å². The molecule has 256 valence electrons. The van der Waals surface area contributed by atoms with Crippen LogP contribution in [0.5, 0.6) is 23.0 Å². The lowest BCUT2D eigenvalue weighted by molar-refractivity contribution is -0.139. The summed E-state index contributed by atoms with van der Waals surface area (Å²) in [4.78, 5) is 12.2. The lowest BCUT2D eigenvalue weighted by Crippen LogP contribution is -2.38. The number of benzene rings is 5. The van der Waals surface area contributed by atoms with Gasteiger partial charge >= 0.3 is 5.97 Å². The molecule has 0 fully saturated rings. The van der Waals surface area contributed by atoms with E-state index in [2.05, 4.69) is 23.5 Å². The molecule has 0 radical (unpaired) electrons. The zero-order valence-electron chi connectivity index (χ0n) is 27.8. The number of carboxylic acids is 1. The maximum atomic E-state index is 12.2. The Morgan fingerprint density at radius 2 is 1.51 bits per heavy atom. The van der Waals surface area contributed by atoms with Crippen molar-refractivity contribution in [2.75, 3.05) is 13.2 Å². The van der Waals surface area contributed by atoms with E-state index in [0.717, 1.165) is 44.9 Å². The molecule has 0 aromatic heterocycles. The van der Waals surface area contributed by atoms with E-state index >= 15 is 0 Å². The largest absolute Gasteiger partial charge is 0.488 e. The summed E-state index contributed by atoms with van der Waals surface area (Å²) < 4.78 is 24.0. The van der Waals surface area contributed by atoms with E-state index in [0.29, 0.717) is 46.4 Å². The molecule has 9 nitrogen and oxygen atoms in total. The van der Waals surface area contributed by atoms with Crippen molar-refractivity contribution < 1.29 is 28.8 Å². The number of hydrogen-bond acceptors (Lipinski definition) is 8. The Balaban J connectivity index is 1.23. The highest BCUT2D eigenvalue weighted by Gasteiger charge is 2.20. The van der Waals surface area contributed by atoms with Crippen LogP contribution in [0.25, 0.3) is 11.1 Å². The summed E-state index contributed by atoms with van der Waals surface area (Å²) in [7, 11) is 0. The highest BCUT2D eigenvalue weighted by molar-refractivity contribution is 6.32. The van der Waals surface area contributed by atoms with Gasteiger partial charge in [-0.05, 0) is 89.2 Å². The van der Waals surface area contributed by atoms with Crippen LogP contribution in [-0.2, 0) is 31.0 Å². The monoisotopic (exact) mass is 699 g/mol. The molecule has 10 heteroatoms. The fourth-order valence-electron chi connectivity index (χ4n) is 5.85. The fourth-order valence-corrected chi connectivity index (χ4v) is 6.09. The van der Waals surface area contributed by atoms with Gasteiger partial charge in [0, 0.05) is 18.2 Å². The minimum absolute atomic E-state index is 0.124. The molecule has 0 amide bonds. The molecule has 0 unspecified atom stereocenters. The second-order valence-electron chi connectivity index (χ2n) is 12.0. The summed E-state index contributed by atoms with van der Waals surface area (Å²) in [6.07, 6.45) is 0.168. The minimum Gasteiger partial charge on any atom is -0.488 e. The zero-order chi connectivity index (χ0) is 35.7. The Hall–Kier alpha value is -6.00. The first kappa shape index (κ1) is 34.8. The Labute approximate surface area is 301 Å². The molecule has 1 atom stereocenters. The minimum atomic E-state index is -1.03. The topological polar surface area (TPSA) is 134 Å². The van der Waals surface area contributed by atoms with Crippen LogP contribution < -0.4 is 24.3 Å². The molecular weight excluding hydrogens is 666 g/mol. The van der Waals surface area contributed by atoms with Crippen LogP contribution in [0.3, 0.4) is 0 Å². The summed E-state index contributed by atoms with van der Waals surface area (Å²) in [5.74, 6) is 1.26. The number of ether oxygens (including phenoxy) is 4. The van der Waals surface area contributed by atoms with Gasteiger partial charge in [-0.2, -0.15) is 10.5 Å². The first-order valence-corrected chi connectivity index (χ1v) is 16.7. The highest BCUT2D eigenvalue weighted by atomic mass is 35.5. The predicted molar refractivity (Wildman–Crippen MR) is 192 cm³/mol. The van der Waals surface area contributed by atoms with E-state index in [-0.39, 0.29) is 26.2 Å². The van der Waals surface area contributed by atoms with Crippen LogP contribution in [0.1, 0.15) is 38.9 Å². The van der Waals surface area contributed by atoms with Gasteiger partial charge in [-0.25, -0.2) is 0 Å². The molecule has 1 heterocycles. The van der Waals surface area contributed by atoms with Gasteiger partial charge in [-0.1, -0.05) is 60.1 Å². The zero-order valence-corrected chi connectivity index (χ0v) is 28.6.